The smallest absolute Gasteiger partial charge is 0.271 e. The number of hydrogen-bond acceptors (Lipinski definition) is 5. The summed E-state index contributed by atoms with van der Waals surface area (Å²) in [5.74, 6) is -0.977. The van der Waals surface area contributed by atoms with Crippen molar-refractivity contribution >= 4 is 34.8 Å². The normalized spacial score (nSPS) is 18.0. The Balaban J connectivity index is 1.66. The fourth-order valence-corrected chi connectivity index (χ4v) is 3.79. The maximum Gasteiger partial charge on any atom is 0.271 e. The van der Waals surface area contributed by atoms with E-state index in [-0.39, 0.29) is 6.04 Å². The van der Waals surface area contributed by atoms with E-state index in [1.165, 1.54) is 11.3 Å². The molecule has 0 radical (unpaired) electrons. The third-order valence-electron chi connectivity index (χ3n) is 4.11. The van der Waals surface area contributed by atoms with E-state index in [1.807, 2.05) is 0 Å². The monoisotopic (exact) mass is 378 g/mol. The molecule has 1 aliphatic heterocycles. The molecule has 0 aliphatic carbocycles. The van der Waals surface area contributed by atoms with Crippen LogP contribution in [0.4, 0.5) is 0 Å². The number of rotatable bonds is 6. The highest BCUT2D eigenvalue weighted by atomic mass is 35.5. The SMILES string of the molecule is NC(=O)C(Cc1ccc(Cl)cc1)NC(=O)c1csc(C2CCCN2)n1. The van der Waals surface area contributed by atoms with E-state index in [0.29, 0.717) is 17.1 Å². The lowest BCUT2D eigenvalue weighted by molar-refractivity contribution is -0.119. The average molecular weight is 379 g/mol. The number of carbonyl (C=O) groups excluding carboxylic acids is 2. The lowest BCUT2D eigenvalue weighted by Gasteiger charge is -2.15. The van der Waals surface area contributed by atoms with Crippen LogP contribution >= 0.6 is 22.9 Å². The predicted octanol–water partition coefficient (Wildman–Crippen LogP) is 2.05. The van der Waals surface area contributed by atoms with Crippen LogP contribution in [0.25, 0.3) is 0 Å². The molecular formula is C17H19ClN4O2S. The molecule has 8 heteroatoms. The zero-order chi connectivity index (χ0) is 17.8. The summed E-state index contributed by atoms with van der Waals surface area (Å²) in [6.07, 6.45) is 2.44. The highest BCUT2D eigenvalue weighted by molar-refractivity contribution is 7.09. The van der Waals surface area contributed by atoms with Crippen molar-refractivity contribution in [3.8, 4) is 0 Å². The number of nitrogens with zero attached hydrogens (tertiary/aromatic N) is 1. The first-order valence-electron chi connectivity index (χ1n) is 8.06. The van der Waals surface area contributed by atoms with Crippen LogP contribution in [0.1, 0.15) is 39.9 Å². The number of benzene rings is 1. The van der Waals surface area contributed by atoms with Crippen LogP contribution in [0.5, 0.6) is 0 Å². The summed E-state index contributed by atoms with van der Waals surface area (Å²) >= 11 is 7.31. The third-order valence-corrected chi connectivity index (χ3v) is 5.33. The van der Waals surface area contributed by atoms with Crippen molar-refractivity contribution in [3.63, 3.8) is 0 Å². The van der Waals surface area contributed by atoms with Crippen molar-refractivity contribution in [2.75, 3.05) is 6.54 Å². The number of nitrogens with two attached hydrogens (primary N) is 1. The number of thiazole rings is 1. The number of amides is 2. The third kappa shape index (κ3) is 4.56. The van der Waals surface area contributed by atoms with Gasteiger partial charge in [0.25, 0.3) is 5.91 Å². The fourth-order valence-electron chi connectivity index (χ4n) is 2.76. The van der Waals surface area contributed by atoms with Gasteiger partial charge >= 0.3 is 0 Å². The summed E-state index contributed by atoms with van der Waals surface area (Å²) in [7, 11) is 0. The predicted molar refractivity (Wildman–Crippen MR) is 97.7 cm³/mol. The number of halogens is 1. The summed E-state index contributed by atoms with van der Waals surface area (Å²) in [5, 5.41) is 9.25. The molecule has 1 aliphatic rings. The van der Waals surface area contributed by atoms with Gasteiger partial charge in [-0.25, -0.2) is 4.98 Å². The zero-order valence-electron chi connectivity index (χ0n) is 13.5. The van der Waals surface area contributed by atoms with Gasteiger partial charge in [-0.1, -0.05) is 23.7 Å². The van der Waals surface area contributed by atoms with Crippen LogP contribution in [-0.2, 0) is 11.2 Å². The number of hydrogen-bond donors (Lipinski definition) is 3. The quantitative estimate of drug-likeness (QED) is 0.716. The molecule has 1 aromatic heterocycles. The van der Waals surface area contributed by atoms with Crippen molar-refractivity contribution in [2.24, 2.45) is 5.73 Å². The molecule has 2 unspecified atom stereocenters. The molecule has 1 aromatic carbocycles. The molecule has 2 heterocycles. The zero-order valence-corrected chi connectivity index (χ0v) is 15.1. The second kappa shape index (κ2) is 7.95. The second-order valence-corrected chi connectivity index (χ2v) is 7.31. The highest BCUT2D eigenvalue weighted by Gasteiger charge is 2.24. The van der Waals surface area contributed by atoms with E-state index in [4.69, 9.17) is 17.3 Å². The lowest BCUT2D eigenvalue weighted by Crippen LogP contribution is -2.46. The van der Waals surface area contributed by atoms with Gasteiger partial charge in [-0.2, -0.15) is 0 Å². The van der Waals surface area contributed by atoms with Crippen molar-refractivity contribution in [2.45, 2.75) is 31.3 Å². The van der Waals surface area contributed by atoms with Crippen LogP contribution in [0, 0.1) is 0 Å². The minimum Gasteiger partial charge on any atom is -0.368 e. The summed E-state index contributed by atoms with van der Waals surface area (Å²) in [5.41, 5.74) is 6.62. The first kappa shape index (κ1) is 17.8. The molecule has 0 spiro atoms. The van der Waals surface area contributed by atoms with Crippen molar-refractivity contribution in [1.29, 1.82) is 0 Å². The molecular weight excluding hydrogens is 360 g/mol. The van der Waals surface area contributed by atoms with Gasteiger partial charge < -0.3 is 16.4 Å². The Morgan fingerprint density at radius 1 is 1.40 bits per heavy atom. The first-order valence-corrected chi connectivity index (χ1v) is 9.32. The van der Waals surface area contributed by atoms with E-state index in [1.54, 1.807) is 29.6 Å². The Morgan fingerprint density at radius 3 is 2.80 bits per heavy atom. The lowest BCUT2D eigenvalue weighted by atomic mass is 10.1. The van der Waals surface area contributed by atoms with Gasteiger partial charge in [0.1, 0.15) is 16.7 Å². The molecule has 0 saturated carbocycles. The highest BCUT2D eigenvalue weighted by Crippen LogP contribution is 2.25. The number of aromatic nitrogens is 1. The van der Waals surface area contributed by atoms with Crippen molar-refractivity contribution < 1.29 is 9.59 Å². The Hall–Kier alpha value is -1.96. The fraction of sp³-hybridized carbons (Fsp3) is 0.353. The van der Waals surface area contributed by atoms with Gasteiger partial charge in [0, 0.05) is 16.8 Å². The first-order chi connectivity index (χ1) is 12.0. The van der Waals surface area contributed by atoms with Crippen LogP contribution in [0.3, 0.4) is 0 Å². The number of primary amides is 1. The standard InChI is InChI=1S/C17H19ClN4O2S/c18-11-5-3-10(4-6-11)8-13(15(19)23)21-16(24)14-9-25-17(22-14)12-2-1-7-20-12/h3-6,9,12-13,20H,1-2,7-8H2,(H2,19,23)(H,21,24). The molecule has 2 aromatic rings. The van der Waals surface area contributed by atoms with E-state index >= 15 is 0 Å². The van der Waals surface area contributed by atoms with Gasteiger partial charge in [-0.3, -0.25) is 9.59 Å². The molecule has 2 atom stereocenters. The summed E-state index contributed by atoms with van der Waals surface area (Å²) in [4.78, 5) is 28.5. The number of nitrogens with one attached hydrogen (secondary N) is 2. The van der Waals surface area contributed by atoms with Gasteiger partial charge in [-0.05, 0) is 37.1 Å². The van der Waals surface area contributed by atoms with Crippen LogP contribution in [-0.4, -0.2) is 29.4 Å². The molecule has 1 saturated heterocycles. The van der Waals surface area contributed by atoms with E-state index in [0.717, 1.165) is 30.0 Å². The Labute approximate surface area is 154 Å². The minimum atomic E-state index is -0.802. The molecule has 25 heavy (non-hydrogen) atoms. The molecule has 3 rings (SSSR count). The minimum absolute atomic E-state index is 0.215. The maximum atomic E-state index is 12.4. The Morgan fingerprint density at radius 2 is 2.16 bits per heavy atom. The van der Waals surface area contributed by atoms with Crippen LogP contribution in [0.15, 0.2) is 29.6 Å². The number of carbonyl (C=O) groups is 2. The van der Waals surface area contributed by atoms with Gasteiger partial charge in [0.2, 0.25) is 5.91 Å². The Kier molecular flexibility index (Phi) is 5.67. The molecule has 4 N–H and O–H groups in total. The van der Waals surface area contributed by atoms with E-state index in [2.05, 4.69) is 15.6 Å². The summed E-state index contributed by atoms with van der Waals surface area (Å²) in [6.45, 7) is 0.969. The Bertz CT molecular complexity index is 756. The van der Waals surface area contributed by atoms with Gasteiger partial charge in [0.05, 0.1) is 6.04 Å². The summed E-state index contributed by atoms with van der Waals surface area (Å²) in [6, 6.07) is 6.49. The van der Waals surface area contributed by atoms with E-state index < -0.39 is 17.9 Å². The topological polar surface area (TPSA) is 97.1 Å². The van der Waals surface area contributed by atoms with E-state index in [9.17, 15) is 9.59 Å². The molecule has 132 valence electrons. The van der Waals surface area contributed by atoms with Crippen molar-refractivity contribution in [1.82, 2.24) is 15.6 Å². The van der Waals surface area contributed by atoms with Gasteiger partial charge in [0.15, 0.2) is 0 Å². The van der Waals surface area contributed by atoms with Crippen molar-refractivity contribution in [3.05, 3.63) is 50.9 Å². The average Bonchev–Trinajstić information content (AvgIpc) is 3.27. The molecule has 0 bridgehead atoms. The molecule has 6 nitrogen and oxygen atoms in total. The second-order valence-electron chi connectivity index (χ2n) is 5.98. The summed E-state index contributed by atoms with van der Waals surface area (Å²) < 4.78 is 0. The van der Waals surface area contributed by atoms with Gasteiger partial charge in [-0.15, -0.1) is 11.3 Å². The molecule has 1 fully saturated rings. The van der Waals surface area contributed by atoms with Crippen LogP contribution < -0.4 is 16.4 Å². The van der Waals surface area contributed by atoms with Crippen LogP contribution in [0.2, 0.25) is 5.02 Å². The largest absolute Gasteiger partial charge is 0.368 e. The maximum absolute atomic E-state index is 12.4. The molecule has 2 amide bonds.